The molecule has 14 heteroatoms. The zero-order chi connectivity index (χ0) is 41.4. The van der Waals surface area contributed by atoms with Crippen molar-refractivity contribution >= 4 is 20.1 Å². The first-order valence-corrected chi connectivity index (χ1v) is 20.6. The average Bonchev–Trinajstić information content (AvgIpc) is 3.63. The van der Waals surface area contributed by atoms with Crippen molar-refractivity contribution in [2.24, 2.45) is 0 Å². The van der Waals surface area contributed by atoms with Gasteiger partial charge in [-0.25, -0.2) is 9.46 Å². The number of methoxy groups -OCH3 is 2. The van der Waals surface area contributed by atoms with Gasteiger partial charge < -0.3 is 32.9 Å². The lowest BCUT2D eigenvalue weighted by atomic mass is 9.80. The molecule has 0 saturated carbocycles. The van der Waals surface area contributed by atoms with Crippen LogP contribution in [0.1, 0.15) is 68.9 Å². The van der Waals surface area contributed by atoms with Crippen LogP contribution < -0.4 is 20.1 Å². The molecule has 4 atom stereocenters. The van der Waals surface area contributed by atoms with Crippen LogP contribution in [0.3, 0.4) is 0 Å². The molecule has 3 aromatic carbocycles. The number of ether oxygens (including phenoxy) is 4. The Bertz CT molecular complexity index is 2140. The molecule has 0 radical (unpaired) electrons. The van der Waals surface area contributed by atoms with Crippen molar-refractivity contribution < 1.29 is 28.0 Å². The van der Waals surface area contributed by atoms with Crippen molar-refractivity contribution in [1.82, 2.24) is 19.0 Å². The lowest BCUT2D eigenvalue weighted by Gasteiger charge is -2.39. The molecule has 0 aliphatic carbocycles. The second kappa shape index (κ2) is 19.2. The summed E-state index contributed by atoms with van der Waals surface area (Å²) in [4.78, 5) is 23.9. The van der Waals surface area contributed by atoms with E-state index in [0.29, 0.717) is 18.0 Å². The SMILES string of the molecule is COc1ccc(C(OC[C@H]2O[C@@H](c3cccn4c(=O)nc(N(C)C)nc34)C[C@@H]2OP(OCCC#N)N(C(C)C)C(C)C)(c2ccccc2)c2ccc(OC)cc2)cc1. The van der Waals surface area contributed by atoms with E-state index < -0.39 is 38.1 Å². The van der Waals surface area contributed by atoms with Crippen molar-refractivity contribution in [3.05, 3.63) is 130 Å². The average molecular weight is 809 g/mol. The third-order valence-corrected chi connectivity index (χ3v) is 12.2. The smallest absolute Gasteiger partial charge is 0.356 e. The third kappa shape index (κ3) is 9.18. The maximum absolute atomic E-state index is 13.2. The fraction of sp³-hybridized carbons (Fsp3) is 0.409. The van der Waals surface area contributed by atoms with Gasteiger partial charge in [-0.05, 0) is 74.7 Å². The molecule has 1 unspecified atom stereocenters. The predicted molar refractivity (Wildman–Crippen MR) is 224 cm³/mol. The van der Waals surface area contributed by atoms with Crippen LogP contribution in [-0.2, 0) is 24.1 Å². The quantitative estimate of drug-likeness (QED) is 0.0489. The van der Waals surface area contributed by atoms with E-state index >= 15 is 0 Å². The first-order chi connectivity index (χ1) is 28.0. The van der Waals surface area contributed by atoms with Crippen LogP contribution in [-0.4, -0.2) is 84.9 Å². The third-order valence-electron chi connectivity index (χ3n) is 10.1. The van der Waals surface area contributed by atoms with Crippen molar-refractivity contribution in [2.75, 3.05) is 46.4 Å². The van der Waals surface area contributed by atoms with Crippen molar-refractivity contribution in [1.29, 1.82) is 5.26 Å². The molecule has 1 saturated heterocycles. The Hall–Kier alpha value is -4.93. The molecule has 306 valence electrons. The highest BCUT2D eigenvalue weighted by molar-refractivity contribution is 7.44. The summed E-state index contributed by atoms with van der Waals surface area (Å²) < 4.78 is 42.6. The number of hydrogen-bond acceptors (Lipinski definition) is 12. The van der Waals surface area contributed by atoms with Crippen LogP contribution in [0.15, 0.2) is 102 Å². The summed E-state index contributed by atoms with van der Waals surface area (Å²) in [7, 11) is 5.24. The fourth-order valence-corrected chi connectivity index (χ4v) is 9.12. The molecular weight excluding hydrogens is 755 g/mol. The van der Waals surface area contributed by atoms with Gasteiger partial charge in [-0.1, -0.05) is 60.7 Å². The first-order valence-electron chi connectivity index (χ1n) is 19.5. The summed E-state index contributed by atoms with van der Waals surface area (Å²) in [6, 6.07) is 32.0. The number of aromatic nitrogens is 3. The van der Waals surface area contributed by atoms with E-state index in [1.807, 2.05) is 72.8 Å². The molecular formula is C44H53N6O7P. The number of nitriles is 1. The van der Waals surface area contributed by atoms with Gasteiger partial charge in [-0.15, -0.1) is 0 Å². The molecule has 13 nitrogen and oxygen atoms in total. The van der Waals surface area contributed by atoms with Crippen LogP contribution in [0, 0.1) is 11.3 Å². The van der Waals surface area contributed by atoms with Gasteiger partial charge in [0.1, 0.15) is 23.2 Å². The first kappa shape index (κ1) is 42.7. The molecule has 0 spiro atoms. The van der Waals surface area contributed by atoms with E-state index in [9.17, 15) is 10.1 Å². The zero-order valence-corrected chi connectivity index (χ0v) is 35.3. The largest absolute Gasteiger partial charge is 0.497 e. The molecule has 3 heterocycles. The predicted octanol–water partition coefficient (Wildman–Crippen LogP) is 7.67. The van der Waals surface area contributed by atoms with E-state index in [0.717, 1.165) is 33.8 Å². The lowest BCUT2D eigenvalue weighted by Crippen LogP contribution is -2.39. The molecule has 1 aliphatic heterocycles. The summed E-state index contributed by atoms with van der Waals surface area (Å²) in [5, 5.41) is 9.40. The van der Waals surface area contributed by atoms with Crippen LogP contribution >= 0.6 is 8.53 Å². The Morgan fingerprint density at radius 1 is 0.879 bits per heavy atom. The van der Waals surface area contributed by atoms with Gasteiger partial charge in [0.15, 0.2) is 5.65 Å². The second-order valence-corrected chi connectivity index (χ2v) is 16.2. The Kier molecular flexibility index (Phi) is 14.1. The fourth-order valence-electron chi connectivity index (χ4n) is 7.37. The van der Waals surface area contributed by atoms with Gasteiger partial charge in [0.05, 0.1) is 52.1 Å². The normalized spacial score (nSPS) is 17.5. The van der Waals surface area contributed by atoms with Gasteiger partial charge in [0, 0.05) is 44.4 Å². The molecule has 6 rings (SSSR count). The number of nitrogens with zero attached hydrogens (tertiary/aromatic N) is 6. The van der Waals surface area contributed by atoms with Crippen LogP contribution in [0.5, 0.6) is 11.5 Å². The van der Waals surface area contributed by atoms with Gasteiger partial charge in [0.25, 0.3) is 8.53 Å². The number of fused-ring (bicyclic) bond motifs is 1. The number of rotatable bonds is 18. The molecule has 1 fully saturated rings. The zero-order valence-electron chi connectivity index (χ0n) is 34.4. The van der Waals surface area contributed by atoms with E-state index in [2.05, 4.69) is 55.6 Å². The van der Waals surface area contributed by atoms with Crippen molar-refractivity contribution in [2.45, 2.75) is 76.5 Å². The van der Waals surface area contributed by atoms with Crippen LogP contribution in [0.2, 0.25) is 0 Å². The Balaban J connectivity index is 1.47. The topological polar surface area (TPSA) is 133 Å². The van der Waals surface area contributed by atoms with Gasteiger partial charge in [-0.2, -0.15) is 15.2 Å². The highest BCUT2D eigenvalue weighted by atomic mass is 31.2. The summed E-state index contributed by atoms with van der Waals surface area (Å²) >= 11 is 0. The molecule has 5 aromatic rings. The Labute approximate surface area is 342 Å². The molecule has 58 heavy (non-hydrogen) atoms. The molecule has 2 aromatic heterocycles. The lowest BCUT2D eigenvalue weighted by molar-refractivity contribution is -0.0805. The second-order valence-electron chi connectivity index (χ2n) is 14.8. The maximum Gasteiger partial charge on any atom is 0.356 e. The number of anilines is 1. The summed E-state index contributed by atoms with van der Waals surface area (Å²) in [6.07, 6.45) is 0.627. The van der Waals surface area contributed by atoms with E-state index in [-0.39, 0.29) is 31.7 Å². The minimum absolute atomic E-state index is 0.0861. The van der Waals surface area contributed by atoms with Crippen LogP contribution in [0.4, 0.5) is 5.95 Å². The molecule has 0 amide bonds. The summed E-state index contributed by atoms with van der Waals surface area (Å²) in [5.74, 6) is 1.74. The van der Waals surface area contributed by atoms with Gasteiger partial charge in [-0.3, -0.25) is 4.40 Å². The highest BCUT2D eigenvalue weighted by Crippen LogP contribution is 2.51. The summed E-state index contributed by atoms with van der Waals surface area (Å²) in [5.41, 5.74) is 2.29. The number of benzene rings is 3. The van der Waals surface area contributed by atoms with Gasteiger partial charge in [0.2, 0.25) is 5.95 Å². The monoisotopic (exact) mass is 808 g/mol. The van der Waals surface area contributed by atoms with Gasteiger partial charge >= 0.3 is 5.69 Å². The minimum atomic E-state index is -1.64. The minimum Gasteiger partial charge on any atom is -0.497 e. The standard InChI is InChI=1S/C44H53N6O7P/c1-30(2)50(31(3)4)58(55-27-13-25-45)57-39-28-38(37-16-12-26-49-41(37)46-42(48(5)6)47-43(49)51)56-40(39)29-54-44(32-14-10-9-11-15-32,33-17-21-35(52-7)22-18-33)34-19-23-36(53-8)24-20-34/h9-12,14-24,26,30-31,38-40H,13,27-29H2,1-8H3/t38-,39+,40-,58?/m1/s1. The molecule has 1 aliphatic rings. The van der Waals surface area contributed by atoms with Crippen molar-refractivity contribution in [3.8, 4) is 17.6 Å². The molecule has 0 bridgehead atoms. The van der Waals surface area contributed by atoms with E-state index in [1.54, 1.807) is 45.5 Å². The Morgan fingerprint density at radius 2 is 1.48 bits per heavy atom. The Morgan fingerprint density at radius 3 is 2.03 bits per heavy atom. The van der Waals surface area contributed by atoms with Crippen molar-refractivity contribution in [3.63, 3.8) is 0 Å². The van der Waals surface area contributed by atoms with Crippen LogP contribution in [0.25, 0.3) is 5.65 Å². The maximum atomic E-state index is 13.2. The van der Waals surface area contributed by atoms with E-state index in [4.69, 9.17) is 33.0 Å². The van der Waals surface area contributed by atoms with E-state index in [1.165, 1.54) is 4.40 Å². The summed E-state index contributed by atoms with van der Waals surface area (Å²) in [6.45, 7) is 8.74. The number of pyridine rings is 1. The molecule has 0 N–H and O–H groups in total. The highest BCUT2D eigenvalue weighted by Gasteiger charge is 2.45. The number of hydrogen-bond donors (Lipinski definition) is 0.